The van der Waals surface area contributed by atoms with Crippen LogP contribution in [0.3, 0.4) is 0 Å². The average molecular weight is 498 g/mol. The number of carbonyl (C=O) groups is 1. The number of hydrogen-bond acceptors (Lipinski definition) is 6. The van der Waals surface area contributed by atoms with Gasteiger partial charge in [-0.1, -0.05) is 43.4 Å². The summed E-state index contributed by atoms with van der Waals surface area (Å²) in [6, 6.07) is 12.9. The molecule has 0 unspecified atom stereocenters. The van der Waals surface area contributed by atoms with E-state index in [0.717, 1.165) is 59.3 Å². The molecule has 0 aliphatic carbocycles. The molecule has 35 heavy (non-hydrogen) atoms. The van der Waals surface area contributed by atoms with Gasteiger partial charge in [-0.3, -0.25) is 4.90 Å². The summed E-state index contributed by atoms with van der Waals surface area (Å²) in [5.74, 6) is -0.0904. The summed E-state index contributed by atoms with van der Waals surface area (Å²) in [5.41, 5.74) is 3.02. The summed E-state index contributed by atoms with van der Waals surface area (Å²) >= 11 is 1.61. The van der Waals surface area contributed by atoms with Gasteiger partial charge in [0.2, 0.25) is 0 Å². The monoisotopic (exact) mass is 497 g/mol. The van der Waals surface area contributed by atoms with Gasteiger partial charge in [0.05, 0.1) is 4.88 Å². The maximum absolute atomic E-state index is 13.7. The number of ether oxygens (including phenoxy) is 1. The normalized spacial score (nSPS) is 16.6. The molecule has 0 radical (unpaired) electrons. The minimum Gasteiger partial charge on any atom is -0.482 e. The molecule has 8 heteroatoms. The lowest BCUT2D eigenvalue weighted by Gasteiger charge is -2.42. The molecule has 1 N–H and O–H groups in total. The fourth-order valence-electron chi connectivity index (χ4n) is 4.64. The Morgan fingerprint density at radius 1 is 1.26 bits per heavy atom. The third-order valence-corrected chi connectivity index (χ3v) is 7.12. The smallest absolute Gasteiger partial charge is 0.341 e. The Morgan fingerprint density at radius 2 is 2.09 bits per heavy atom. The Hall–Kier alpha value is -2.97. The van der Waals surface area contributed by atoms with Crippen LogP contribution in [0.5, 0.6) is 5.75 Å². The molecule has 1 aromatic heterocycles. The van der Waals surface area contributed by atoms with E-state index in [9.17, 15) is 9.18 Å². The molecular weight excluding hydrogens is 465 g/mol. The number of hydrogen-bond donors (Lipinski definition) is 1. The van der Waals surface area contributed by atoms with Crippen molar-refractivity contribution in [2.75, 3.05) is 31.1 Å². The molecule has 1 aliphatic heterocycles. The number of aliphatic carboxylic acids is 1. The van der Waals surface area contributed by atoms with Crippen molar-refractivity contribution in [3.63, 3.8) is 0 Å². The highest BCUT2D eigenvalue weighted by atomic mass is 32.1. The maximum atomic E-state index is 13.7. The number of nitrogens with zero attached hydrogens (tertiary/aromatic N) is 3. The molecule has 3 aromatic rings. The van der Waals surface area contributed by atoms with Crippen LogP contribution in [0, 0.1) is 18.7 Å². The first-order chi connectivity index (χ1) is 16.8. The van der Waals surface area contributed by atoms with Crippen LogP contribution in [0.15, 0.2) is 48.7 Å². The van der Waals surface area contributed by atoms with E-state index in [1.54, 1.807) is 23.5 Å². The van der Waals surface area contributed by atoms with Crippen LogP contribution in [-0.2, 0) is 11.3 Å². The van der Waals surface area contributed by atoms with E-state index in [2.05, 4.69) is 29.7 Å². The number of anilines is 1. The zero-order chi connectivity index (χ0) is 24.9. The van der Waals surface area contributed by atoms with E-state index < -0.39 is 5.97 Å². The molecule has 1 fully saturated rings. The van der Waals surface area contributed by atoms with Crippen molar-refractivity contribution in [2.45, 2.75) is 39.8 Å². The van der Waals surface area contributed by atoms with Crippen LogP contribution in [0.4, 0.5) is 9.52 Å². The van der Waals surface area contributed by atoms with E-state index in [0.29, 0.717) is 17.7 Å². The lowest BCUT2D eigenvalue weighted by molar-refractivity contribution is -0.139. The Labute approximate surface area is 210 Å². The standard InChI is InChI=1S/C27H32FN3O3S/c1-18(2)9-23-16-30(15-20-10-19(3)11-24(12-20)34-17-26(32)33)7-8-31(23)27-29-14-25(35-27)21-5-4-6-22(28)13-21/h4-6,10-14,18,23H,7-9,15-17H2,1-3H3,(H,32,33)/t23-/m1/s1. The second kappa shape index (κ2) is 11.2. The fourth-order valence-corrected chi connectivity index (χ4v) is 5.65. The molecule has 2 aromatic carbocycles. The van der Waals surface area contributed by atoms with Gasteiger partial charge in [-0.15, -0.1) is 0 Å². The maximum Gasteiger partial charge on any atom is 0.341 e. The van der Waals surface area contributed by atoms with Crippen molar-refractivity contribution in [1.82, 2.24) is 9.88 Å². The zero-order valence-corrected chi connectivity index (χ0v) is 21.2. The molecular formula is C27H32FN3O3S. The summed E-state index contributed by atoms with van der Waals surface area (Å²) in [5, 5.41) is 9.89. The van der Waals surface area contributed by atoms with Gasteiger partial charge in [-0.25, -0.2) is 14.2 Å². The first kappa shape index (κ1) is 25.1. The average Bonchev–Trinajstić information content (AvgIpc) is 3.27. The third-order valence-electron chi connectivity index (χ3n) is 6.04. The van der Waals surface area contributed by atoms with Crippen LogP contribution >= 0.6 is 11.3 Å². The third kappa shape index (κ3) is 6.80. The number of carboxylic acid groups (broad SMARTS) is 1. The van der Waals surface area contributed by atoms with E-state index in [1.807, 2.05) is 31.3 Å². The number of benzene rings is 2. The second-order valence-electron chi connectivity index (χ2n) is 9.57. The fraction of sp³-hybridized carbons (Fsp3) is 0.407. The van der Waals surface area contributed by atoms with Gasteiger partial charge in [-0.2, -0.15) is 0 Å². The van der Waals surface area contributed by atoms with Gasteiger partial charge in [0.15, 0.2) is 11.7 Å². The number of carboxylic acids is 1. The van der Waals surface area contributed by atoms with Gasteiger partial charge in [-0.05, 0) is 60.2 Å². The van der Waals surface area contributed by atoms with Gasteiger partial charge < -0.3 is 14.7 Å². The summed E-state index contributed by atoms with van der Waals surface area (Å²) in [6.45, 7) is 9.57. The Kier molecular flexibility index (Phi) is 8.03. The van der Waals surface area contributed by atoms with Crippen LogP contribution in [0.1, 0.15) is 31.4 Å². The van der Waals surface area contributed by atoms with E-state index in [4.69, 9.17) is 14.8 Å². The Morgan fingerprint density at radius 3 is 2.83 bits per heavy atom. The van der Waals surface area contributed by atoms with E-state index in [-0.39, 0.29) is 12.4 Å². The summed E-state index contributed by atoms with van der Waals surface area (Å²) in [7, 11) is 0. The highest BCUT2D eigenvalue weighted by molar-refractivity contribution is 7.18. The summed E-state index contributed by atoms with van der Waals surface area (Å²) in [4.78, 5) is 21.4. The SMILES string of the molecule is Cc1cc(CN2CCN(c3ncc(-c4cccc(F)c4)s3)[C@H](CC(C)C)C2)cc(OCC(=O)O)c1. The van der Waals surface area contributed by atoms with Crippen LogP contribution in [-0.4, -0.2) is 53.2 Å². The summed E-state index contributed by atoms with van der Waals surface area (Å²) < 4.78 is 19.1. The van der Waals surface area contributed by atoms with Crippen LogP contribution < -0.4 is 9.64 Å². The Bertz CT molecular complexity index is 1170. The zero-order valence-electron chi connectivity index (χ0n) is 20.4. The van der Waals surface area contributed by atoms with Gasteiger partial charge >= 0.3 is 5.97 Å². The van der Waals surface area contributed by atoms with Crippen molar-refractivity contribution >= 4 is 22.4 Å². The van der Waals surface area contributed by atoms with Gasteiger partial charge in [0.1, 0.15) is 11.6 Å². The molecule has 2 heterocycles. The van der Waals surface area contributed by atoms with Crippen molar-refractivity contribution in [3.05, 3.63) is 65.6 Å². The quantitative estimate of drug-likeness (QED) is 0.424. The lowest BCUT2D eigenvalue weighted by Crippen LogP contribution is -2.53. The van der Waals surface area contributed by atoms with Crippen LogP contribution in [0.25, 0.3) is 10.4 Å². The highest BCUT2D eigenvalue weighted by Crippen LogP contribution is 2.34. The lowest BCUT2D eigenvalue weighted by atomic mass is 10.00. The molecule has 0 bridgehead atoms. The topological polar surface area (TPSA) is 65.9 Å². The van der Waals surface area contributed by atoms with E-state index >= 15 is 0 Å². The molecule has 6 nitrogen and oxygen atoms in total. The number of halogens is 1. The highest BCUT2D eigenvalue weighted by Gasteiger charge is 2.29. The van der Waals surface area contributed by atoms with Crippen molar-refractivity contribution in [1.29, 1.82) is 0 Å². The second-order valence-corrected chi connectivity index (χ2v) is 10.6. The van der Waals surface area contributed by atoms with E-state index in [1.165, 1.54) is 6.07 Å². The molecule has 1 atom stereocenters. The number of piperazine rings is 1. The predicted molar refractivity (Wildman–Crippen MR) is 138 cm³/mol. The molecule has 1 saturated heterocycles. The first-order valence-corrected chi connectivity index (χ1v) is 12.7. The van der Waals surface area contributed by atoms with Crippen molar-refractivity contribution in [3.8, 4) is 16.2 Å². The first-order valence-electron chi connectivity index (χ1n) is 11.9. The predicted octanol–water partition coefficient (Wildman–Crippen LogP) is 5.46. The van der Waals surface area contributed by atoms with Crippen LogP contribution in [0.2, 0.25) is 0 Å². The molecule has 1 aliphatic rings. The van der Waals surface area contributed by atoms with Crippen molar-refractivity contribution < 1.29 is 19.0 Å². The molecule has 0 saturated carbocycles. The number of aryl methyl sites for hydroxylation is 1. The summed E-state index contributed by atoms with van der Waals surface area (Å²) in [6.07, 6.45) is 2.89. The largest absolute Gasteiger partial charge is 0.482 e. The number of aromatic nitrogens is 1. The molecule has 0 amide bonds. The number of thiazole rings is 1. The Balaban J connectivity index is 1.47. The minimum atomic E-state index is -0.983. The molecule has 0 spiro atoms. The molecule has 4 rings (SSSR count). The van der Waals surface area contributed by atoms with Gasteiger partial charge in [0.25, 0.3) is 0 Å². The molecule has 186 valence electrons. The number of rotatable bonds is 9. The van der Waals surface area contributed by atoms with Gasteiger partial charge in [0, 0.05) is 38.4 Å². The minimum absolute atomic E-state index is 0.239. The van der Waals surface area contributed by atoms with Crippen molar-refractivity contribution in [2.24, 2.45) is 5.92 Å².